The zero-order valence-corrected chi connectivity index (χ0v) is 14.7. The summed E-state index contributed by atoms with van der Waals surface area (Å²) in [5.41, 5.74) is -0.383. The topological polar surface area (TPSA) is 135 Å². The highest BCUT2D eigenvalue weighted by atomic mass is 16.8. The van der Waals surface area contributed by atoms with Crippen LogP contribution in [0.5, 0.6) is 0 Å². The third kappa shape index (κ3) is 3.62. The molecule has 10 heteroatoms. The van der Waals surface area contributed by atoms with Crippen molar-refractivity contribution in [1.82, 2.24) is 14.8 Å². The largest absolute Gasteiger partial charge is 0.479 e. The van der Waals surface area contributed by atoms with Crippen LogP contribution in [0.4, 0.5) is 5.82 Å². The Hall–Kier alpha value is -3.74. The normalized spacial score (nSPS) is 19.7. The van der Waals surface area contributed by atoms with Crippen molar-refractivity contribution in [1.29, 1.82) is 5.26 Å². The second-order valence-corrected chi connectivity index (χ2v) is 5.82. The highest BCUT2D eigenvalue weighted by Crippen LogP contribution is 2.31. The number of carbonyl (C=O) groups is 1. The zero-order chi connectivity index (χ0) is 19.4. The smallest absolute Gasteiger partial charge is 0.369 e. The van der Waals surface area contributed by atoms with Crippen molar-refractivity contribution in [3.05, 3.63) is 47.8 Å². The van der Waals surface area contributed by atoms with Gasteiger partial charge in [0.1, 0.15) is 11.6 Å². The van der Waals surface area contributed by atoms with Gasteiger partial charge in [-0.25, -0.2) is 9.78 Å². The van der Waals surface area contributed by atoms with Crippen LogP contribution in [0.25, 0.3) is 5.82 Å². The van der Waals surface area contributed by atoms with Crippen LogP contribution in [-0.2, 0) is 14.3 Å². The van der Waals surface area contributed by atoms with E-state index in [1.165, 1.54) is 10.9 Å². The van der Waals surface area contributed by atoms with Gasteiger partial charge in [0.15, 0.2) is 11.6 Å². The number of cyclic esters (lactones) is 1. The van der Waals surface area contributed by atoms with Gasteiger partial charge >= 0.3 is 11.9 Å². The zero-order valence-electron chi connectivity index (χ0n) is 14.7. The molecule has 1 N–H and O–H groups in total. The summed E-state index contributed by atoms with van der Waals surface area (Å²) in [7, 11) is 0. The van der Waals surface area contributed by atoms with Crippen LogP contribution < -0.4 is 0 Å². The molecule has 0 saturated carbocycles. The summed E-state index contributed by atoms with van der Waals surface area (Å²) in [4.78, 5) is 16.3. The van der Waals surface area contributed by atoms with E-state index in [9.17, 15) is 15.2 Å². The van der Waals surface area contributed by atoms with Gasteiger partial charge in [-0.05, 0) is 18.6 Å². The van der Waals surface area contributed by atoms with Gasteiger partial charge < -0.3 is 14.6 Å². The number of nitrogens with zero attached hydrogens (tertiary/aromatic N) is 6. The predicted molar refractivity (Wildman–Crippen MR) is 90.7 cm³/mol. The standard InChI is InChI=1S/C17H16N6O4/c1-3-7-17(2)26-15(24)13(16(25)27-17)21-22-14-11(9-18)10-20-23(14)12-6-4-5-8-19-12/h4-6,8,10,24H,3,7H2,1-2H3. The minimum Gasteiger partial charge on any atom is -0.479 e. The van der Waals surface area contributed by atoms with E-state index in [0.29, 0.717) is 18.7 Å². The molecule has 27 heavy (non-hydrogen) atoms. The van der Waals surface area contributed by atoms with E-state index >= 15 is 0 Å². The number of nitriles is 1. The fourth-order valence-electron chi connectivity index (χ4n) is 2.51. The molecule has 0 spiro atoms. The molecule has 0 aliphatic carbocycles. The summed E-state index contributed by atoms with van der Waals surface area (Å²) >= 11 is 0. The molecule has 1 atom stereocenters. The molecule has 0 saturated heterocycles. The van der Waals surface area contributed by atoms with Crippen molar-refractivity contribution in [2.75, 3.05) is 0 Å². The van der Waals surface area contributed by atoms with Gasteiger partial charge in [-0.3, -0.25) is 0 Å². The van der Waals surface area contributed by atoms with Crippen LogP contribution in [0.2, 0.25) is 0 Å². The molecule has 0 fully saturated rings. The first-order valence-corrected chi connectivity index (χ1v) is 8.14. The number of rotatable bonds is 5. The fourth-order valence-corrected chi connectivity index (χ4v) is 2.51. The molecular weight excluding hydrogens is 352 g/mol. The monoisotopic (exact) mass is 368 g/mol. The van der Waals surface area contributed by atoms with Gasteiger partial charge in [-0.15, -0.1) is 10.2 Å². The van der Waals surface area contributed by atoms with Gasteiger partial charge in [0.05, 0.1) is 6.20 Å². The Kier molecular flexibility index (Phi) is 4.85. The van der Waals surface area contributed by atoms with Crippen molar-refractivity contribution < 1.29 is 19.4 Å². The number of pyridine rings is 1. The van der Waals surface area contributed by atoms with Gasteiger partial charge in [-0.2, -0.15) is 15.0 Å². The average molecular weight is 368 g/mol. The first-order chi connectivity index (χ1) is 13.0. The second-order valence-electron chi connectivity index (χ2n) is 5.82. The molecule has 0 bridgehead atoms. The number of hydrogen-bond acceptors (Lipinski definition) is 9. The van der Waals surface area contributed by atoms with E-state index < -0.39 is 23.4 Å². The molecule has 0 aromatic carbocycles. The number of hydrogen-bond donors (Lipinski definition) is 1. The number of carbonyl (C=O) groups excluding carboxylic acids is 1. The molecule has 0 amide bonds. The molecule has 0 radical (unpaired) electrons. The van der Waals surface area contributed by atoms with E-state index in [0.717, 1.165) is 0 Å². The maximum absolute atomic E-state index is 12.2. The minimum absolute atomic E-state index is 0.0474. The lowest BCUT2D eigenvalue weighted by molar-refractivity contribution is -0.233. The summed E-state index contributed by atoms with van der Waals surface area (Å²) < 4.78 is 11.8. The molecule has 10 nitrogen and oxygen atoms in total. The van der Waals surface area contributed by atoms with Crippen LogP contribution >= 0.6 is 0 Å². The highest BCUT2D eigenvalue weighted by molar-refractivity contribution is 5.89. The fraction of sp³-hybridized carbons (Fsp3) is 0.294. The lowest BCUT2D eigenvalue weighted by Crippen LogP contribution is -2.39. The average Bonchev–Trinajstić information content (AvgIpc) is 3.04. The van der Waals surface area contributed by atoms with Gasteiger partial charge in [0.25, 0.3) is 11.5 Å². The molecule has 2 aromatic heterocycles. The van der Waals surface area contributed by atoms with Crippen molar-refractivity contribution in [2.45, 2.75) is 32.5 Å². The van der Waals surface area contributed by atoms with Crippen molar-refractivity contribution in [2.24, 2.45) is 10.2 Å². The van der Waals surface area contributed by atoms with Crippen LogP contribution in [0.3, 0.4) is 0 Å². The molecule has 3 heterocycles. The third-order valence-corrected chi connectivity index (χ3v) is 3.70. The van der Waals surface area contributed by atoms with E-state index in [2.05, 4.69) is 20.3 Å². The summed E-state index contributed by atoms with van der Waals surface area (Å²) in [5, 5.41) is 31.0. The van der Waals surface area contributed by atoms with Crippen LogP contribution in [0.1, 0.15) is 32.3 Å². The van der Waals surface area contributed by atoms with E-state index in [-0.39, 0.29) is 11.4 Å². The van der Waals surface area contributed by atoms with Crippen molar-refractivity contribution >= 4 is 11.8 Å². The van der Waals surface area contributed by atoms with Gasteiger partial charge in [0.2, 0.25) is 0 Å². The Morgan fingerprint density at radius 3 is 2.81 bits per heavy atom. The van der Waals surface area contributed by atoms with E-state index in [4.69, 9.17) is 9.47 Å². The molecule has 138 valence electrons. The molecule has 2 aromatic rings. The summed E-state index contributed by atoms with van der Waals surface area (Å²) in [6, 6.07) is 7.07. The van der Waals surface area contributed by atoms with Gasteiger partial charge in [0, 0.05) is 19.5 Å². The number of aliphatic hydroxyl groups is 1. The molecule has 1 aliphatic rings. The maximum Gasteiger partial charge on any atom is 0.369 e. The third-order valence-electron chi connectivity index (χ3n) is 3.70. The van der Waals surface area contributed by atoms with Gasteiger partial charge in [-0.1, -0.05) is 13.0 Å². The Labute approximate surface area is 154 Å². The number of esters is 1. The lowest BCUT2D eigenvalue weighted by atomic mass is 10.1. The number of ether oxygens (including phenoxy) is 2. The number of aromatic nitrogens is 3. The number of aliphatic hydroxyl groups excluding tert-OH is 1. The highest BCUT2D eigenvalue weighted by Gasteiger charge is 2.40. The van der Waals surface area contributed by atoms with Crippen molar-refractivity contribution in [3.63, 3.8) is 0 Å². The first-order valence-electron chi connectivity index (χ1n) is 8.14. The summed E-state index contributed by atoms with van der Waals surface area (Å²) in [6.07, 6.45) is 3.94. The number of azo groups is 1. The molecule has 3 rings (SSSR count). The van der Waals surface area contributed by atoms with E-state index in [1.807, 2.05) is 13.0 Å². The Balaban J connectivity index is 1.96. The minimum atomic E-state index is -1.26. The van der Waals surface area contributed by atoms with Crippen LogP contribution in [-0.4, -0.2) is 31.6 Å². The Morgan fingerprint density at radius 1 is 1.37 bits per heavy atom. The molecular formula is C17H16N6O4. The SMILES string of the molecule is CCCC1(C)OC(=O)C(N=Nc2c(C#N)cnn2-c2ccccn2)=C(O)O1. The quantitative estimate of drug-likeness (QED) is 0.633. The molecule has 1 unspecified atom stereocenters. The second kappa shape index (κ2) is 7.25. The Bertz CT molecular complexity index is 960. The summed E-state index contributed by atoms with van der Waals surface area (Å²) in [5.74, 6) is -2.37. The van der Waals surface area contributed by atoms with Crippen LogP contribution in [0, 0.1) is 11.3 Å². The van der Waals surface area contributed by atoms with E-state index in [1.54, 1.807) is 31.3 Å². The first kappa shape index (κ1) is 18.1. The lowest BCUT2D eigenvalue weighted by Gasteiger charge is -2.32. The van der Waals surface area contributed by atoms with Crippen LogP contribution in [0.15, 0.2) is 52.5 Å². The maximum atomic E-state index is 12.2. The molecule has 1 aliphatic heterocycles. The van der Waals surface area contributed by atoms with Crippen molar-refractivity contribution in [3.8, 4) is 11.9 Å². The predicted octanol–water partition coefficient (Wildman–Crippen LogP) is 3.04. The summed E-state index contributed by atoms with van der Waals surface area (Å²) in [6.45, 7) is 3.43. The Morgan fingerprint density at radius 2 is 2.19 bits per heavy atom.